The van der Waals surface area contributed by atoms with Gasteiger partial charge in [-0.05, 0) is 30.7 Å². The largest absolute Gasteiger partial charge is 0.468 e. The van der Waals surface area contributed by atoms with E-state index in [1.54, 1.807) is 16.7 Å². The van der Waals surface area contributed by atoms with Crippen molar-refractivity contribution in [1.82, 2.24) is 9.55 Å². The molecule has 0 aliphatic carbocycles. The first-order valence-electron chi connectivity index (χ1n) is 9.39. The number of methoxy groups -OCH3 is 1. The Morgan fingerprint density at radius 2 is 1.90 bits per heavy atom. The number of hydrogen-bond donors (Lipinski definition) is 0. The van der Waals surface area contributed by atoms with Gasteiger partial charge in [-0.25, -0.2) is 9.78 Å². The summed E-state index contributed by atoms with van der Waals surface area (Å²) < 4.78 is 11.9. The van der Waals surface area contributed by atoms with Crippen LogP contribution in [0.1, 0.15) is 27.2 Å². The highest BCUT2D eigenvalue weighted by atomic mass is 32.2. The minimum absolute atomic E-state index is 0.101. The van der Waals surface area contributed by atoms with Gasteiger partial charge in [0, 0.05) is 0 Å². The first kappa shape index (κ1) is 20.0. The van der Waals surface area contributed by atoms with Gasteiger partial charge in [-0.3, -0.25) is 9.36 Å². The van der Waals surface area contributed by atoms with Crippen molar-refractivity contribution in [3.63, 3.8) is 0 Å². The van der Waals surface area contributed by atoms with Crippen LogP contribution in [-0.4, -0.2) is 22.6 Å². The van der Waals surface area contributed by atoms with Gasteiger partial charge in [0.05, 0.1) is 36.6 Å². The Labute approximate surface area is 177 Å². The van der Waals surface area contributed by atoms with Crippen LogP contribution < -0.4 is 5.56 Å². The summed E-state index contributed by atoms with van der Waals surface area (Å²) in [4.78, 5) is 29.8. The number of hydrogen-bond acceptors (Lipinski definition) is 6. The predicted octanol–water partition coefficient (Wildman–Crippen LogP) is 4.43. The summed E-state index contributed by atoms with van der Waals surface area (Å²) in [7, 11) is 1.33. The molecule has 2 aromatic heterocycles. The zero-order chi connectivity index (χ0) is 21.1. The highest BCUT2D eigenvalue weighted by Gasteiger charge is 2.18. The van der Waals surface area contributed by atoms with Crippen LogP contribution in [0.15, 0.2) is 75.2 Å². The molecule has 0 aliphatic rings. The Morgan fingerprint density at radius 1 is 1.13 bits per heavy atom. The number of carbonyl (C=O) groups is 1. The molecule has 0 radical (unpaired) electrons. The second kappa shape index (κ2) is 8.59. The van der Waals surface area contributed by atoms with Crippen LogP contribution in [0.25, 0.3) is 10.9 Å². The lowest BCUT2D eigenvalue weighted by Crippen LogP contribution is -2.24. The van der Waals surface area contributed by atoms with Crippen LogP contribution >= 0.6 is 11.8 Å². The van der Waals surface area contributed by atoms with Gasteiger partial charge in [0.1, 0.15) is 11.3 Å². The van der Waals surface area contributed by atoms with Crippen LogP contribution in [0.3, 0.4) is 0 Å². The summed E-state index contributed by atoms with van der Waals surface area (Å²) >= 11 is 1.35. The van der Waals surface area contributed by atoms with Crippen LogP contribution in [0.2, 0.25) is 0 Å². The fourth-order valence-electron chi connectivity index (χ4n) is 3.15. The van der Waals surface area contributed by atoms with Crippen molar-refractivity contribution in [2.24, 2.45) is 0 Å². The molecule has 0 saturated carbocycles. The molecule has 0 aliphatic heterocycles. The van der Waals surface area contributed by atoms with Gasteiger partial charge in [0.2, 0.25) is 0 Å². The van der Waals surface area contributed by atoms with Crippen molar-refractivity contribution in [2.75, 3.05) is 7.11 Å². The maximum Gasteiger partial charge on any atom is 0.341 e. The summed E-state index contributed by atoms with van der Waals surface area (Å²) in [5.41, 5.74) is 3.08. The second-order valence-electron chi connectivity index (χ2n) is 6.83. The van der Waals surface area contributed by atoms with Crippen LogP contribution in [0.4, 0.5) is 0 Å². The number of aromatic nitrogens is 2. The van der Waals surface area contributed by atoms with Gasteiger partial charge in [0.15, 0.2) is 5.16 Å². The monoisotopic (exact) mass is 420 g/mol. The summed E-state index contributed by atoms with van der Waals surface area (Å²) in [6, 6.07) is 16.9. The van der Waals surface area contributed by atoms with E-state index < -0.39 is 5.97 Å². The highest BCUT2D eigenvalue weighted by Crippen LogP contribution is 2.25. The molecular formula is C23H20N2O4S. The molecule has 0 N–H and O–H groups in total. The van der Waals surface area contributed by atoms with Crippen molar-refractivity contribution >= 4 is 28.6 Å². The van der Waals surface area contributed by atoms with E-state index >= 15 is 0 Å². The highest BCUT2D eigenvalue weighted by molar-refractivity contribution is 7.98. The summed E-state index contributed by atoms with van der Waals surface area (Å²) in [5, 5.41) is 1.13. The van der Waals surface area contributed by atoms with Gasteiger partial charge in [-0.1, -0.05) is 53.7 Å². The lowest BCUT2D eigenvalue weighted by Gasteiger charge is -2.13. The molecule has 0 fully saturated rings. The smallest absolute Gasteiger partial charge is 0.341 e. The van der Waals surface area contributed by atoms with Crippen LogP contribution in [0, 0.1) is 6.92 Å². The third-order valence-corrected chi connectivity index (χ3v) is 5.75. The van der Waals surface area contributed by atoms with Crippen molar-refractivity contribution in [1.29, 1.82) is 0 Å². The lowest BCUT2D eigenvalue weighted by atomic mass is 10.1. The van der Waals surface area contributed by atoms with E-state index in [0.29, 0.717) is 39.7 Å². The van der Waals surface area contributed by atoms with E-state index in [0.717, 1.165) is 11.1 Å². The number of esters is 1. The number of ether oxygens (including phenoxy) is 1. The molecule has 4 rings (SSSR count). The molecular weight excluding hydrogens is 400 g/mol. The SMILES string of the molecule is COC(=O)c1ccoc1CSc1nc2ccccc2c(=O)n1Cc1ccc(C)cc1. The second-order valence-corrected chi connectivity index (χ2v) is 7.77. The Hall–Kier alpha value is -3.32. The predicted molar refractivity (Wildman–Crippen MR) is 116 cm³/mol. The maximum absolute atomic E-state index is 13.2. The van der Waals surface area contributed by atoms with Crippen LogP contribution in [0.5, 0.6) is 0 Å². The first-order valence-corrected chi connectivity index (χ1v) is 10.4. The normalized spacial score (nSPS) is 11.0. The van der Waals surface area contributed by atoms with Gasteiger partial charge < -0.3 is 9.15 Å². The van der Waals surface area contributed by atoms with Gasteiger partial charge in [0.25, 0.3) is 5.56 Å². The fraction of sp³-hybridized carbons (Fsp3) is 0.174. The molecule has 6 nitrogen and oxygen atoms in total. The molecule has 7 heteroatoms. The minimum Gasteiger partial charge on any atom is -0.468 e. The molecule has 0 spiro atoms. The molecule has 2 aromatic carbocycles. The zero-order valence-corrected chi connectivity index (χ0v) is 17.4. The molecule has 0 saturated heterocycles. The molecule has 0 bridgehead atoms. The Bertz CT molecular complexity index is 1260. The molecule has 0 atom stereocenters. The molecule has 2 heterocycles. The quantitative estimate of drug-likeness (QED) is 0.261. The lowest BCUT2D eigenvalue weighted by molar-refractivity contribution is 0.0598. The van der Waals surface area contributed by atoms with Gasteiger partial charge in [-0.15, -0.1) is 0 Å². The minimum atomic E-state index is -0.456. The maximum atomic E-state index is 13.2. The van der Waals surface area contributed by atoms with E-state index in [4.69, 9.17) is 14.1 Å². The van der Waals surface area contributed by atoms with E-state index in [9.17, 15) is 9.59 Å². The Morgan fingerprint density at radius 3 is 2.67 bits per heavy atom. The van der Waals surface area contributed by atoms with Crippen molar-refractivity contribution in [2.45, 2.75) is 24.4 Å². The number of benzene rings is 2. The van der Waals surface area contributed by atoms with Crippen molar-refractivity contribution in [3.8, 4) is 0 Å². The standard InChI is InChI=1S/C23H20N2O4S/c1-15-7-9-16(10-8-15)13-25-21(26)17-5-3-4-6-19(17)24-23(25)30-14-20-18(11-12-29-20)22(27)28-2/h3-12H,13-14H2,1-2H3. The van der Waals surface area contributed by atoms with E-state index in [-0.39, 0.29) is 5.56 Å². The first-order chi connectivity index (χ1) is 14.6. The number of para-hydroxylation sites is 1. The zero-order valence-electron chi connectivity index (χ0n) is 16.6. The Balaban J connectivity index is 1.72. The van der Waals surface area contributed by atoms with E-state index in [1.807, 2.05) is 49.4 Å². The molecule has 152 valence electrons. The third-order valence-electron chi connectivity index (χ3n) is 4.77. The number of carbonyl (C=O) groups excluding carboxylic acids is 1. The Kier molecular flexibility index (Phi) is 5.72. The van der Waals surface area contributed by atoms with E-state index in [1.165, 1.54) is 25.1 Å². The topological polar surface area (TPSA) is 74.3 Å². The average molecular weight is 420 g/mol. The number of aryl methyl sites for hydroxylation is 1. The number of fused-ring (bicyclic) bond motifs is 1. The molecule has 30 heavy (non-hydrogen) atoms. The summed E-state index contributed by atoms with van der Waals surface area (Å²) in [6.45, 7) is 2.43. The average Bonchev–Trinajstić information content (AvgIpc) is 3.24. The molecule has 0 amide bonds. The van der Waals surface area contributed by atoms with E-state index in [2.05, 4.69) is 0 Å². The fourth-order valence-corrected chi connectivity index (χ4v) is 4.10. The van der Waals surface area contributed by atoms with Gasteiger partial charge in [-0.2, -0.15) is 0 Å². The van der Waals surface area contributed by atoms with Gasteiger partial charge >= 0.3 is 5.97 Å². The van der Waals surface area contributed by atoms with Crippen molar-refractivity contribution < 1.29 is 13.9 Å². The van der Waals surface area contributed by atoms with Crippen LogP contribution in [-0.2, 0) is 17.0 Å². The summed E-state index contributed by atoms with van der Waals surface area (Å²) in [6.07, 6.45) is 1.45. The number of furan rings is 1. The molecule has 0 unspecified atom stereocenters. The summed E-state index contributed by atoms with van der Waals surface area (Å²) in [5.74, 6) is 0.370. The number of rotatable bonds is 6. The molecule has 4 aromatic rings. The number of nitrogens with zero attached hydrogens (tertiary/aromatic N) is 2. The third kappa shape index (κ3) is 4.02. The van der Waals surface area contributed by atoms with Crippen molar-refractivity contribution in [3.05, 3.63) is 93.7 Å². The number of thioether (sulfide) groups is 1.